The van der Waals surface area contributed by atoms with E-state index in [0.717, 1.165) is 25.9 Å². The Morgan fingerprint density at radius 3 is 2.19 bits per heavy atom. The Balaban J connectivity index is 2.01. The van der Waals surface area contributed by atoms with Gasteiger partial charge in [0.1, 0.15) is 0 Å². The number of nitrogens with zero attached hydrogens (tertiary/aromatic N) is 1. The molecule has 1 amide bonds. The molecule has 1 aliphatic heterocycles. The van der Waals surface area contributed by atoms with E-state index in [1.165, 1.54) is 19.3 Å². The Kier molecular flexibility index (Phi) is 6.34. The SMILES string of the molecule is C[C@H](C(=O)Nc1c(Cl)cccc1Cl)N1CCCCCCC1. The van der Waals surface area contributed by atoms with Crippen LogP contribution in [0.2, 0.25) is 10.0 Å². The number of hydrogen-bond donors (Lipinski definition) is 1. The minimum atomic E-state index is -0.171. The summed E-state index contributed by atoms with van der Waals surface area (Å²) in [5, 5.41) is 3.80. The maximum absolute atomic E-state index is 12.4. The molecule has 1 aliphatic rings. The normalized spacial score (nSPS) is 18.6. The predicted octanol–water partition coefficient (Wildman–Crippen LogP) is 4.59. The lowest BCUT2D eigenvalue weighted by molar-refractivity contribution is -0.120. The first kappa shape index (κ1) is 16.6. The fraction of sp³-hybridized carbons (Fsp3) is 0.562. The molecule has 21 heavy (non-hydrogen) atoms. The van der Waals surface area contributed by atoms with Crippen LogP contribution in [0.3, 0.4) is 0 Å². The van der Waals surface area contributed by atoms with E-state index in [0.29, 0.717) is 15.7 Å². The molecule has 1 atom stereocenters. The lowest BCUT2D eigenvalue weighted by Gasteiger charge is -2.29. The average molecular weight is 329 g/mol. The van der Waals surface area contributed by atoms with Crippen molar-refractivity contribution in [2.45, 2.75) is 45.1 Å². The van der Waals surface area contributed by atoms with E-state index in [2.05, 4.69) is 10.2 Å². The molecule has 0 spiro atoms. The van der Waals surface area contributed by atoms with Crippen molar-refractivity contribution in [3.63, 3.8) is 0 Å². The number of nitrogens with one attached hydrogen (secondary N) is 1. The third-order valence-electron chi connectivity index (χ3n) is 4.03. The highest BCUT2D eigenvalue weighted by atomic mass is 35.5. The number of halogens is 2. The number of likely N-dealkylation sites (tertiary alicyclic amines) is 1. The van der Waals surface area contributed by atoms with Crippen LogP contribution in [0.15, 0.2) is 18.2 Å². The lowest BCUT2D eigenvalue weighted by Crippen LogP contribution is -2.43. The molecule has 3 nitrogen and oxygen atoms in total. The third kappa shape index (κ3) is 4.60. The fourth-order valence-corrected chi connectivity index (χ4v) is 3.16. The van der Waals surface area contributed by atoms with Gasteiger partial charge in [-0.2, -0.15) is 0 Å². The number of amides is 1. The van der Waals surface area contributed by atoms with Crippen molar-refractivity contribution >= 4 is 34.8 Å². The largest absolute Gasteiger partial charge is 0.322 e. The van der Waals surface area contributed by atoms with Gasteiger partial charge in [0.15, 0.2) is 0 Å². The Morgan fingerprint density at radius 1 is 1.10 bits per heavy atom. The van der Waals surface area contributed by atoms with E-state index >= 15 is 0 Å². The Morgan fingerprint density at radius 2 is 1.62 bits per heavy atom. The van der Waals surface area contributed by atoms with E-state index in [9.17, 15) is 4.79 Å². The smallest absolute Gasteiger partial charge is 0.241 e. The number of para-hydroxylation sites is 1. The van der Waals surface area contributed by atoms with Gasteiger partial charge < -0.3 is 5.32 Å². The molecule has 0 aliphatic carbocycles. The third-order valence-corrected chi connectivity index (χ3v) is 4.66. The lowest BCUT2D eigenvalue weighted by atomic mass is 10.1. The van der Waals surface area contributed by atoms with Gasteiger partial charge in [0.05, 0.1) is 21.8 Å². The maximum Gasteiger partial charge on any atom is 0.241 e. The molecule has 1 fully saturated rings. The molecular weight excluding hydrogens is 307 g/mol. The molecule has 5 heteroatoms. The highest BCUT2D eigenvalue weighted by Gasteiger charge is 2.22. The van der Waals surface area contributed by atoms with Gasteiger partial charge in [-0.05, 0) is 45.0 Å². The number of anilines is 1. The zero-order chi connectivity index (χ0) is 15.2. The van der Waals surface area contributed by atoms with Crippen molar-refractivity contribution in [3.05, 3.63) is 28.2 Å². The standard InChI is InChI=1S/C16H22Cl2N2O/c1-12(20-10-5-3-2-4-6-11-20)16(21)19-15-13(17)8-7-9-14(15)18/h7-9,12H,2-6,10-11H2,1H3,(H,19,21)/t12-/m1/s1. The Bertz CT molecular complexity index is 465. The van der Waals surface area contributed by atoms with Crippen molar-refractivity contribution in [2.24, 2.45) is 0 Å². The van der Waals surface area contributed by atoms with Crippen LogP contribution >= 0.6 is 23.2 Å². The minimum absolute atomic E-state index is 0.0504. The molecule has 1 saturated heterocycles. The summed E-state index contributed by atoms with van der Waals surface area (Å²) in [6.45, 7) is 3.90. The predicted molar refractivity (Wildman–Crippen MR) is 89.2 cm³/mol. The number of carbonyl (C=O) groups is 1. The molecular formula is C16H22Cl2N2O. The van der Waals surface area contributed by atoms with Crippen LogP contribution in [0.1, 0.15) is 39.0 Å². The van der Waals surface area contributed by atoms with Crippen LogP contribution in [-0.4, -0.2) is 29.9 Å². The highest BCUT2D eigenvalue weighted by Crippen LogP contribution is 2.30. The van der Waals surface area contributed by atoms with Crippen LogP contribution in [0.25, 0.3) is 0 Å². The Hall–Kier alpha value is -0.770. The summed E-state index contributed by atoms with van der Waals surface area (Å²) in [7, 11) is 0. The summed E-state index contributed by atoms with van der Waals surface area (Å²) in [5.41, 5.74) is 0.504. The van der Waals surface area contributed by atoms with Gasteiger partial charge in [0, 0.05) is 0 Å². The monoisotopic (exact) mass is 328 g/mol. The maximum atomic E-state index is 12.4. The number of hydrogen-bond acceptors (Lipinski definition) is 2. The van der Waals surface area contributed by atoms with Gasteiger partial charge in [-0.3, -0.25) is 9.69 Å². The minimum Gasteiger partial charge on any atom is -0.322 e. The van der Waals surface area contributed by atoms with Gasteiger partial charge in [-0.15, -0.1) is 0 Å². The van der Waals surface area contributed by atoms with Gasteiger partial charge in [0.25, 0.3) is 0 Å². The van der Waals surface area contributed by atoms with Crippen molar-refractivity contribution < 1.29 is 4.79 Å². The molecule has 1 aromatic rings. The molecule has 0 unspecified atom stereocenters. The quantitative estimate of drug-likeness (QED) is 0.880. The second-order valence-corrected chi connectivity index (χ2v) is 6.38. The summed E-state index contributed by atoms with van der Waals surface area (Å²) in [4.78, 5) is 14.7. The van der Waals surface area contributed by atoms with Crippen LogP contribution < -0.4 is 5.32 Å². The molecule has 1 N–H and O–H groups in total. The van der Waals surface area contributed by atoms with Gasteiger partial charge in [0.2, 0.25) is 5.91 Å². The van der Waals surface area contributed by atoms with E-state index in [1.807, 2.05) is 6.92 Å². The van der Waals surface area contributed by atoms with Crippen LogP contribution in [0.5, 0.6) is 0 Å². The average Bonchev–Trinajstić information content (AvgIpc) is 2.42. The van der Waals surface area contributed by atoms with Gasteiger partial charge >= 0.3 is 0 Å². The summed E-state index contributed by atoms with van der Waals surface area (Å²) < 4.78 is 0. The molecule has 0 saturated carbocycles. The molecule has 116 valence electrons. The van der Waals surface area contributed by atoms with Crippen molar-refractivity contribution in [3.8, 4) is 0 Å². The number of rotatable bonds is 3. The topological polar surface area (TPSA) is 32.3 Å². The number of benzene rings is 1. The van der Waals surface area contributed by atoms with Crippen molar-refractivity contribution in [1.29, 1.82) is 0 Å². The first-order valence-electron chi connectivity index (χ1n) is 7.58. The van der Waals surface area contributed by atoms with Crippen LogP contribution in [0.4, 0.5) is 5.69 Å². The van der Waals surface area contributed by atoms with Crippen molar-refractivity contribution in [1.82, 2.24) is 4.90 Å². The zero-order valence-corrected chi connectivity index (χ0v) is 13.9. The Labute approximate surface area is 136 Å². The molecule has 0 aromatic heterocycles. The van der Waals surface area contributed by atoms with E-state index < -0.39 is 0 Å². The van der Waals surface area contributed by atoms with Gasteiger partial charge in [-0.25, -0.2) is 0 Å². The van der Waals surface area contributed by atoms with E-state index in [4.69, 9.17) is 23.2 Å². The number of carbonyl (C=O) groups excluding carboxylic acids is 1. The molecule has 1 heterocycles. The second-order valence-electron chi connectivity index (χ2n) is 5.57. The van der Waals surface area contributed by atoms with Crippen LogP contribution in [0, 0.1) is 0 Å². The molecule has 0 bridgehead atoms. The summed E-state index contributed by atoms with van der Waals surface area (Å²) in [6.07, 6.45) is 6.13. The summed E-state index contributed by atoms with van der Waals surface area (Å²) in [5.74, 6) is -0.0504. The summed E-state index contributed by atoms with van der Waals surface area (Å²) in [6, 6.07) is 5.05. The highest BCUT2D eigenvalue weighted by molar-refractivity contribution is 6.39. The van der Waals surface area contributed by atoms with Crippen molar-refractivity contribution in [2.75, 3.05) is 18.4 Å². The fourth-order valence-electron chi connectivity index (χ4n) is 2.67. The van der Waals surface area contributed by atoms with Gasteiger partial charge in [-0.1, -0.05) is 48.5 Å². The molecule has 0 radical (unpaired) electrons. The zero-order valence-electron chi connectivity index (χ0n) is 12.4. The van der Waals surface area contributed by atoms with E-state index in [1.54, 1.807) is 18.2 Å². The van der Waals surface area contributed by atoms with Crippen LogP contribution in [-0.2, 0) is 4.79 Å². The summed E-state index contributed by atoms with van der Waals surface area (Å²) >= 11 is 12.2. The van der Waals surface area contributed by atoms with E-state index in [-0.39, 0.29) is 11.9 Å². The molecule has 2 rings (SSSR count). The molecule has 1 aromatic carbocycles. The first-order valence-corrected chi connectivity index (χ1v) is 8.34. The second kappa shape index (κ2) is 8.02. The first-order chi connectivity index (χ1) is 10.1.